The summed E-state index contributed by atoms with van der Waals surface area (Å²) in [6.07, 6.45) is -0.693. The molecule has 0 aliphatic heterocycles. The molecule has 0 saturated heterocycles. The summed E-state index contributed by atoms with van der Waals surface area (Å²) in [4.78, 5) is 47.7. The van der Waals surface area contributed by atoms with E-state index in [0.29, 0.717) is 16.9 Å². The molecular formula is C22H26N4O5. The third kappa shape index (κ3) is 8.99. The van der Waals surface area contributed by atoms with Gasteiger partial charge in [-0.25, -0.2) is 4.79 Å². The Morgan fingerprint density at radius 3 is 1.87 bits per heavy atom. The SMILES string of the molecule is CC(C)(C)OC(=O)NCC(=O)Nc1cccc(NC(=O)CNC(=O)c2ccccc2)c1. The smallest absolute Gasteiger partial charge is 0.408 e. The predicted molar refractivity (Wildman–Crippen MR) is 117 cm³/mol. The Bertz CT molecular complexity index is 938. The van der Waals surface area contributed by atoms with E-state index in [1.54, 1.807) is 75.4 Å². The summed E-state index contributed by atoms with van der Waals surface area (Å²) >= 11 is 0. The monoisotopic (exact) mass is 426 g/mol. The zero-order valence-electron chi connectivity index (χ0n) is 17.7. The van der Waals surface area contributed by atoms with Gasteiger partial charge in [0.2, 0.25) is 11.8 Å². The van der Waals surface area contributed by atoms with E-state index in [-0.39, 0.29) is 19.0 Å². The van der Waals surface area contributed by atoms with E-state index in [1.165, 1.54) is 0 Å². The van der Waals surface area contributed by atoms with E-state index in [2.05, 4.69) is 21.3 Å². The first-order valence-corrected chi connectivity index (χ1v) is 9.62. The summed E-state index contributed by atoms with van der Waals surface area (Å²) in [5.41, 5.74) is 0.673. The number of hydrogen-bond acceptors (Lipinski definition) is 5. The zero-order valence-corrected chi connectivity index (χ0v) is 17.7. The summed E-state index contributed by atoms with van der Waals surface area (Å²) in [5.74, 6) is -1.22. The van der Waals surface area contributed by atoms with Gasteiger partial charge in [-0.05, 0) is 51.1 Å². The molecule has 4 N–H and O–H groups in total. The summed E-state index contributed by atoms with van der Waals surface area (Å²) in [6, 6.07) is 15.0. The van der Waals surface area contributed by atoms with E-state index in [1.807, 2.05) is 0 Å². The maximum Gasteiger partial charge on any atom is 0.408 e. The molecule has 0 atom stereocenters. The second kappa shape index (κ2) is 10.8. The van der Waals surface area contributed by atoms with Gasteiger partial charge in [-0.15, -0.1) is 0 Å². The van der Waals surface area contributed by atoms with Crippen LogP contribution in [0.5, 0.6) is 0 Å². The van der Waals surface area contributed by atoms with Gasteiger partial charge in [-0.3, -0.25) is 14.4 Å². The number of amides is 4. The highest BCUT2D eigenvalue weighted by Gasteiger charge is 2.16. The molecule has 9 heteroatoms. The maximum atomic E-state index is 12.1. The van der Waals surface area contributed by atoms with Gasteiger partial charge in [0, 0.05) is 16.9 Å². The van der Waals surface area contributed by atoms with Crippen molar-refractivity contribution in [3.8, 4) is 0 Å². The number of carbonyl (C=O) groups excluding carboxylic acids is 4. The topological polar surface area (TPSA) is 126 Å². The molecule has 0 fully saturated rings. The lowest BCUT2D eigenvalue weighted by molar-refractivity contribution is -0.116. The lowest BCUT2D eigenvalue weighted by Crippen LogP contribution is -2.37. The highest BCUT2D eigenvalue weighted by molar-refractivity contribution is 6.00. The molecule has 0 saturated carbocycles. The van der Waals surface area contributed by atoms with E-state index < -0.39 is 23.5 Å². The van der Waals surface area contributed by atoms with Crippen molar-refractivity contribution >= 4 is 35.2 Å². The number of hydrogen-bond donors (Lipinski definition) is 4. The highest BCUT2D eigenvalue weighted by Crippen LogP contribution is 2.15. The minimum atomic E-state index is -0.693. The second-order valence-corrected chi connectivity index (χ2v) is 7.58. The summed E-state index contributed by atoms with van der Waals surface area (Å²) in [7, 11) is 0. The summed E-state index contributed by atoms with van der Waals surface area (Å²) < 4.78 is 5.06. The molecule has 0 radical (unpaired) electrons. The van der Waals surface area contributed by atoms with Crippen LogP contribution in [0.3, 0.4) is 0 Å². The molecule has 4 amide bonds. The molecule has 0 bridgehead atoms. The van der Waals surface area contributed by atoms with Crippen LogP contribution in [0.25, 0.3) is 0 Å². The molecule has 0 aliphatic carbocycles. The van der Waals surface area contributed by atoms with Crippen LogP contribution >= 0.6 is 0 Å². The van der Waals surface area contributed by atoms with E-state index >= 15 is 0 Å². The number of ether oxygens (including phenoxy) is 1. The van der Waals surface area contributed by atoms with Gasteiger partial charge >= 0.3 is 6.09 Å². The largest absolute Gasteiger partial charge is 0.444 e. The first kappa shape index (κ1) is 23.4. The summed E-state index contributed by atoms with van der Waals surface area (Å²) in [5, 5.41) is 10.2. The Labute approximate surface area is 180 Å². The van der Waals surface area contributed by atoms with E-state index in [0.717, 1.165) is 0 Å². The van der Waals surface area contributed by atoms with Crippen molar-refractivity contribution < 1.29 is 23.9 Å². The molecule has 0 unspecified atom stereocenters. The Morgan fingerprint density at radius 1 is 0.774 bits per heavy atom. The van der Waals surface area contributed by atoms with Crippen LogP contribution in [0.1, 0.15) is 31.1 Å². The van der Waals surface area contributed by atoms with Crippen LogP contribution in [0, 0.1) is 0 Å². The van der Waals surface area contributed by atoms with Crippen molar-refractivity contribution in [3.63, 3.8) is 0 Å². The van der Waals surface area contributed by atoms with Crippen LogP contribution in [-0.2, 0) is 14.3 Å². The van der Waals surface area contributed by atoms with Gasteiger partial charge in [0.15, 0.2) is 0 Å². The first-order valence-electron chi connectivity index (χ1n) is 9.62. The molecule has 2 aromatic rings. The fraction of sp³-hybridized carbons (Fsp3) is 0.273. The van der Waals surface area contributed by atoms with Gasteiger partial charge in [0.25, 0.3) is 5.91 Å². The van der Waals surface area contributed by atoms with Crippen molar-refractivity contribution in [1.82, 2.24) is 10.6 Å². The van der Waals surface area contributed by atoms with Crippen molar-refractivity contribution in [2.45, 2.75) is 26.4 Å². The number of carbonyl (C=O) groups is 4. The van der Waals surface area contributed by atoms with Crippen LogP contribution in [0.2, 0.25) is 0 Å². The molecule has 0 aliphatic rings. The average Bonchev–Trinajstić information content (AvgIpc) is 2.70. The number of alkyl carbamates (subject to hydrolysis) is 1. The number of anilines is 2. The van der Waals surface area contributed by atoms with Crippen LogP contribution in [0.4, 0.5) is 16.2 Å². The third-order valence-electron chi connectivity index (χ3n) is 3.67. The highest BCUT2D eigenvalue weighted by atomic mass is 16.6. The molecule has 9 nitrogen and oxygen atoms in total. The maximum absolute atomic E-state index is 12.1. The number of benzene rings is 2. The van der Waals surface area contributed by atoms with Gasteiger partial charge < -0.3 is 26.0 Å². The van der Waals surface area contributed by atoms with Crippen LogP contribution in [0.15, 0.2) is 54.6 Å². The Morgan fingerprint density at radius 2 is 1.32 bits per heavy atom. The van der Waals surface area contributed by atoms with Crippen molar-refractivity contribution in [1.29, 1.82) is 0 Å². The van der Waals surface area contributed by atoms with Gasteiger partial charge in [0.05, 0.1) is 6.54 Å². The Balaban J connectivity index is 1.80. The molecule has 0 spiro atoms. The predicted octanol–water partition coefficient (Wildman–Crippen LogP) is 2.52. The van der Waals surface area contributed by atoms with Crippen molar-refractivity contribution in [2.75, 3.05) is 23.7 Å². The fourth-order valence-corrected chi connectivity index (χ4v) is 2.40. The molecule has 2 aromatic carbocycles. The van der Waals surface area contributed by atoms with Crippen molar-refractivity contribution in [3.05, 3.63) is 60.2 Å². The standard InChI is InChI=1S/C22H26N4O5/c1-22(2,3)31-21(30)24-14-19(28)26-17-11-7-10-16(12-17)25-18(27)13-23-20(29)15-8-5-4-6-9-15/h4-12H,13-14H2,1-3H3,(H,23,29)(H,24,30)(H,25,27)(H,26,28). The Kier molecular flexibility index (Phi) is 8.13. The van der Waals surface area contributed by atoms with Gasteiger partial charge in [-0.1, -0.05) is 24.3 Å². The molecule has 0 aromatic heterocycles. The second-order valence-electron chi connectivity index (χ2n) is 7.58. The minimum Gasteiger partial charge on any atom is -0.444 e. The fourth-order valence-electron chi connectivity index (χ4n) is 2.40. The minimum absolute atomic E-state index is 0.204. The first-order chi connectivity index (χ1) is 14.6. The molecule has 2 rings (SSSR count). The van der Waals surface area contributed by atoms with E-state index in [9.17, 15) is 19.2 Å². The number of nitrogens with one attached hydrogen (secondary N) is 4. The molecular weight excluding hydrogens is 400 g/mol. The van der Waals surface area contributed by atoms with Gasteiger partial charge in [-0.2, -0.15) is 0 Å². The van der Waals surface area contributed by atoms with Crippen molar-refractivity contribution in [2.24, 2.45) is 0 Å². The zero-order chi connectivity index (χ0) is 22.9. The normalized spacial score (nSPS) is 10.5. The van der Waals surface area contributed by atoms with Crippen LogP contribution < -0.4 is 21.3 Å². The lowest BCUT2D eigenvalue weighted by atomic mass is 10.2. The Hall–Kier alpha value is -3.88. The molecule has 0 heterocycles. The summed E-state index contributed by atoms with van der Waals surface area (Å²) in [6.45, 7) is 4.69. The van der Waals surface area contributed by atoms with Crippen LogP contribution in [-0.4, -0.2) is 42.5 Å². The average molecular weight is 426 g/mol. The lowest BCUT2D eigenvalue weighted by Gasteiger charge is -2.19. The molecule has 164 valence electrons. The van der Waals surface area contributed by atoms with Gasteiger partial charge in [0.1, 0.15) is 12.1 Å². The number of rotatable bonds is 7. The molecule has 31 heavy (non-hydrogen) atoms. The third-order valence-corrected chi connectivity index (χ3v) is 3.67. The quantitative estimate of drug-likeness (QED) is 0.541. The van der Waals surface area contributed by atoms with E-state index in [4.69, 9.17) is 4.74 Å².